The summed E-state index contributed by atoms with van der Waals surface area (Å²) >= 11 is 0. The van der Waals surface area contributed by atoms with Crippen LogP contribution < -0.4 is 4.74 Å². The van der Waals surface area contributed by atoms with E-state index in [-0.39, 0.29) is 6.61 Å². The molecule has 1 aromatic heterocycles. The summed E-state index contributed by atoms with van der Waals surface area (Å²) in [4.78, 5) is 16.9. The highest BCUT2D eigenvalue weighted by Gasteiger charge is 2.15. The summed E-state index contributed by atoms with van der Waals surface area (Å²) in [5.74, 6) is -0.421. The average molecular weight is 325 g/mol. The summed E-state index contributed by atoms with van der Waals surface area (Å²) < 4.78 is 23.9. The first-order valence-electron chi connectivity index (χ1n) is 7.44. The predicted octanol–water partition coefficient (Wildman–Crippen LogP) is 4.05. The molecule has 0 bridgehead atoms. The van der Waals surface area contributed by atoms with Crippen LogP contribution in [0.3, 0.4) is 0 Å². The molecule has 3 aromatic rings. The van der Waals surface area contributed by atoms with Crippen LogP contribution in [0, 0.1) is 12.7 Å². The Morgan fingerprint density at radius 3 is 2.75 bits per heavy atom. The molecule has 0 unspecified atom stereocenters. The van der Waals surface area contributed by atoms with E-state index in [1.807, 2.05) is 31.2 Å². The maximum absolute atomic E-state index is 13.4. The highest BCUT2D eigenvalue weighted by molar-refractivity contribution is 6.03. The Hall–Kier alpha value is -2.95. The van der Waals surface area contributed by atoms with Crippen LogP contribution in [0.15, 0.2) is 48.5 Å². The zero-order chi connectivity index (χ0) is 17.1. The van der Waals surface area contributed by atoms with Crippen LogP contribution >= 0.6 is 0 Å². The topological polar surface area (TPSA) is 48.4 Å². The first-order valence-corrected chi connectivity index (χ1v) is 7.44. The zero-order valence-corrected chi connectivity index (χ0v) is 13.4. The van der Waals surface area contributed by atoms with Crippen molar-refractivity contribution in [3.05, 3.63) is 71.2 Å². The Bertz CT molecular complexity index is 908. The SMILES string of the molecule is COc1ccc(F)cc1COC(=O)c1cc(C)nc2ccccc12. The molecule has 0 atom stereocenters. The molecule has 0 spiro atoms. The first kappa shape index (κ1) is 15.9. The van der Waals surface area contributed by atoms with Gasteiger partial charge in [0.2, 0.25) is 0 Å². The number of fused-ring (bicyclic) bond motifs is 1. The fraction of sp³-hybridized carbons (Fsp3) is 0.158. The minimum Gasteiger partial charge on any atom is -0.496 e. The number of para-hydroxylation sites is 1. The van der Waals surface area contributed by atoms with Gasteiger partial charge in [0.1, 0.15) is 18.2 Å². The number of hydrogen-bond donors (Lipinski definition) is 0. The minimum atomic E-state index is -0.483. The number of benzene rings is 2. The third-order valence-corrected chi connectivity index (χ3v) is 3.67. The van der Waals surface area contributed by atoms with Gasteiger partial charge in [-0.15, -0.1) is 0 Å². The number of halogens is 1. The van der Waals surface area contributed by atoms with E-state index in [4.69, 9.17) is 9.47 Å². The number of methoxy groups -OCH3 is 1. The third kappa shape index (κ3) is 3.20. The normalized spacial score (nSPS) is 10.6. The standard InChI is InChI=1S/C19H16FNO3/c1-12-9-16(15-5-3-4-6-17(15)21-12)19(22)24-11-13-10-14(20)7-8-18(13)23-2/h3-10H,11H2,1-2H3. The summed E-state index contributed by atoms with van der Waals surface area (Å²) in [6.07, 6.45) is 0. The lowest BCUT2D eigenvalue weighted by molar-refractivity contribution is 0.0472. The van der Waals surface area contributed by atoms with Crippen molar-refractivity contribution in [2.75, 3.05) is 7.11 Å². The van der Waals surface area contributed by atoms with E-state index in [0.717, 1.165) is 16.6 Å². The molecule has 0 aliphatic carbocycles. The van der Waals surface area contributed by atoms with Crippen LogP contribution in [-0.4, -0.2) is 18.1 Å². The average Bonchev–Trinajstić information content (AvgIpc) is 2.59. The van der Waals surface area contributed by atoms with Gasteiger partial charge in [0, 0.05) is 16.6 Å². The third-order valence-electron chi connectivity index (χ3n) is 3.67. The lowest BCUT2D eigenvalue weighted by Crippen LogP contribution is -2.08. The summed E-state index contributed by atoms with van der Waals surface area (Å²) in [6.45, 7) is 1.74. The lowest BCUT2D eigenvalue weighted by Gasteiger charge is -2.11. The number of ether oxygens (including phenoxy) is 2. The molecule has 24 heavy (non-hydrogen) atoms. The van der Waals surface area contributed by atoms with Gasteiger partial charge >= 0.3 is 5.97 Å². The second-order valence-electron chi connectivity index (χ2n) is 5.36. The van der Waals surface area contributed by atoms with E-state index < -0.39 is 11.8 Å². The zero-order valence-electron chi connectivity index (χ0n) is 13.4. The highest BCUT2D eigenvalue weighted by Crippen LogP contribution is 2.23. The Kier molecular flexibility index (Phi) is 4.42. The molecule has 0 aliphatic heterocycles. The molecule has 1 heterocycles. The van der Waals surface area contributed by atoms with E-state index in [0.29, 0.717) is 16.9 Å². The largest absolute Gasteiger partial charge is 0.496 e. The van der Waals surface area contributed by atoms with E-state index in [9.17, 15) is 9.18 Å². The van der Waals surface area contributed by atoms with Crippen molar-refractivity contribution in [1.29, 1.82) is 0 Å². The summed E-state index contributed by atoms with van der Waals surface area (Å²) in [5, 5.41) is 0.722. The summed E-state index contributed by atoms with van der Waals surface area (Å²) in [7, 11) is 1.48. The van der Waals surface area contributed by atoms with Gasteiger partial charge in [-0.2, -0.15) is 0 Å². The van der Waals surface area contributed by atoms with E-state index in [1.165, 1.54) is 25.3 Å². The molecular formula is C19H16FNO3. The fourth-order valence-electron chi connectivity index (χ4n) is 2.56. The van der Waals surface area contributed by atoms with Gasteiger partial charge in [-0.3, -0.25) is 4.98 Å². The predicted molar refractivity (Wildman–Crippen MR) is 88.6 cm³/mol. The smallest absolute Gasteiger partial charge is 0.339 e. The van der Waals surface area contributed by atoms with Crippen LogP contribution in [0.2, 0.25) is 0 Å². The Balaban J connectivity index is 1.87. The molecule has 2 aromatic carbocycles. The number of aryl methyl sites for hydroxylation is 1. The van der Waals surface area contributed by atoms with E-state index >= 15 is 0 Å². The Labute approximate surface area is 138 Å². The Morgan fingerprint density at radius 1 is 1.17 bits per heavy atom. The van der Waals surface area contributed by atoms with Crippen molar-refractivity contribution < 1.29 is 18.7 Å². The molecule has 0 N–H and O–H groups in total. The molecule has 0 radical (unpaired) electrons. The number of carbonyl (C=O) groups is 1. The first-order chi connectivity index (χ1) is 11.6. The summed E-state index contributed by atoms with van der Waals surface area (Å²) in [6, 6.07) is 13.1. The van der Waals surface area contributed by atoms with Crippen molar-refractivity contribution in [3.8, 4) is 5.75 Å². The maximum atomic E-state index is 13.4. The highest BCUT2D eigenvalue weighted by atomic mass is 19.1. The fourth-order valence-corrected chi connectivity index (χ4v) is 2.56. The monoisotopic (exact) mass is 325 g/mol. The second kappa shape index (κ2) is 6.66. The van der Waals surface area contributed by atoms with Crippen molar-refractivity contribution in [3.63, 3.8) is 0 Å². The Morgan fingerprint density at radius 2 is 1.96 bits per heavy atom. The van der Waals surface area contributed by atoms with Crippen LogP contribution in [-0.2, 0) is 11.3 Å². The van der Waals surface area contributed by atoms with Crippen molar-refractivity contribution >= 4 is 16.9 Å². The molecule has 5 heteroatoms. The van der Waals surface area contributed by atoms with Gasteiger partial charge in [-0.05, 0) is 37.3 Å². The molecule has 0 saturated heterocycles. The van der Waals surface area contributed by atoms with Gasteiger partial charge in [-0.25, -0.2) is 9.18 Å². The number of esters is 1. The number of pyridine rings is 1. The van der Waals surface area contributed by atoms with Crippen molar-refractivity contribution in [2.45, 2.75) is 13.5 Å². The van der Waals surface area contributed by atoms with Gasteiger partial charge in [-0.1, -0.05) is 18.2 Å². The number of rotatable bonds is 4. The van der Waals surface area contributed by atoms with Gasteiger partial charge in [0.25, 0.3) is 0 Å². The van der Waals surface area contributed by atoms with Gasteiger partial charge < -0.3 is 9.47 Å². The van der Waals surface area contributed by atoms with Crippen molar-refractivity contribution in [1.82, 2.24) is 4.98 Å². The molecule has 122 valence electrons. The van der Waals surface area contributed by atoms with Crippen LogP contribution in [0.4, 0.5) is 4.39 Å². The molecule has 0 amide bonds. The van der Waals surface area contributed by atoms with Gasteiger partial charge in [0.15, 0.2) is 0 Å². The number of nitrogens with zero attached hydrogens (tertiary/aromatic N) is 1. The van der Waals surface area contributed by atoms with Crippen molar-refractivity contribution in [2.24, 2.45) is 0 Å². The van der Waals surface area contributed by atoms with E-state index in [1.54, 1.807) is 6.07 Å². The lowest BCUT2D eigenvalue weighted by atomic mass is 10.1. The van der Waals surface area contributed by atoms with Crippen LogP contribution in [0.1, 0.15) is 21.6 Å². The van der Waals surface area contributed by atoms with Gasteiger partial charge in [0.05, 0.1) is 18.2 Å². The molecule has 3 rings (SSSR count). The quantitative estimate of drug-likeness (QED) is 0.679. The van der Waals surface area contributed by atoms with Crippen LogP contribution in [0.25, 0.3) is 10.9 Å². The molecule has 0 saturated carbocycles. The molecule has 0 fully saturated rings. The molecule has 0 aliphatic rings. The molecular weight excluding hydrogens is 309 g/mol. The number of carbonyl (C=O) groups excluding carboxylic acids is 1. The number of hydrogen-bond acceptors (Lipinski definition) is 4. The summed E-state index contributed by atoms with van der Waals surface area (Å²) in [5.41, 5.74) is 2.37. The van der Waals surface area contributed by atoms with E-state index in [2.05, 4.69) is 4.98 Å². The molecule has 4 nitrogen and oxygen atoms in total. The second-order valence-corrected chi connectivity index (χ2v) is 5.36. The number of aromatic nitrogens is 1. The maximum Gasteiger partial charge on any atom is 0.339 e. The van der Waals surface area contributed by atoms with Crippen LogP contribution in [0.5, 0.6) is 5.75 Å². The minimum absolute atomic E-state index is 0.0739.